The third-order valence-corrected chi connectivity index (χ3v) is 6.57. The Morgan fingerprint density at radius 2 is 1.81 bits per heavy atom. The van der Waals surface area contributed by atoms with E-state index in [1.165, 1.54) is 40.2 Å². The van der Waals surface area contributed by atoms with Crippen molar-refractivity contribution in [2.75, 3.05) is 18.0 Å². The molecule has 2 aromatic heterocycles. The first kappa shape index (κ1) is 22.3. The second kappa shape index (κ2) is 8.56. The van der Waals surface area contributed by atoms with Crippen molar-refractivity contribution in [3.05, 3.63) is 50.6 Å². The van der Waals surface area contributed by atoms with Crippen LogP contribution >= 0.6 is 22.9 Å². The van der Waals surface area contributed by atoms with E-state index in [4.69, 9.17) is 16.3 Å². The van der Waals surface area contributed by atoms with Crippen molar-refractivity contribution in [2.24, 2.45) is 7.05 Å². The Balaban J connectivity index is 1.49. The molecule has 1 fully saturated rings. The van der Waals surface area contributed by atoms with Gasteiger partial charge in [-0.2, -0.15) is 5.26 Å². The lowest BCUT2D eigenvalue weighted by Crippen LogP contribution is -2.39. The van der Waals surface area contributed by atoms with Crippen LogP contribution in [0.1, 0.15) is 18.4 Å². The number of nitrogens with zero attached hydrogens (tertiary/aromatic N) is 3. The number of alkyl halides is 3. The number of aryl methyl sites for hydroxylation is 1. The van der Waals surface area contributed by atoms with Gasteiger partial charge >= 0.3 is 6.36 Å². The van der Waals surface area contributed by atoms with E-state index < -0.39 is 6.36 Å². The molecule has 1 aliphatic heterocycles. The zero-order valence-electron chi connectivity index (χ0n) is 16.8. The van der Waals surface area contributed by atoms with E-state index >= 15 is 0 Å². The predicted molar refractivity (Wildman–Crippen MR) is 116 cm³/mol. The average Bonchev–Trinajstić information content (AvgIpc) is 3.13. The van der Waals surface area contributed by atoms with Crippen LogP contribution in [-0.2, 0) is 7.05 Å². The quantitative estimate of drug-likeness (QED) is 0.518. The molecule has 0 bridgehead atoms. The number of fused-ring (bicyclic) bond motifs is 1. The highest BCUT2D eigenvalue weighted by Crippen LogP contribution is 2.37. The molecule has 0 aliphatic carbocycles. The lowest BCUT2D eigenvalue weighted by Gasteiger charge is -2.34. The van der Waals surface area contributed by atoms with Crippen molar-refractivity contribution < 1.29 is 22.6 Å². The molecule has 1 saturated heterocycles. The Labute approximate surface area is 189 Å². The molecule has 0 spiro atoms. The summed E-state index contributed by atoms with van der Waals surface area (Å²) < 4.78 is 48.6. The van der Waals surface area contributed by atoms with E-state index in [0.29, 0.717) is 46.5 Å². The maximum atomic E-state index is 12.7. The molecule has 0 amide bonds. The highest BCUT2D eigenvalue weighted by Gasteiger charge is 2.31. The van der Waals surface area contributed by atoms with Gasteiger partial charge in [0.15, 0.2) is 0 Å². The van der Waals surface area contributed by atoms with Crippen LogP contribution in [0.15, 0.2) is 35.1 Å². The third-order valence-electron chi connectivity index (χ3n) is 5.23. The lowest BCUT2D eigenvalue weighted by atomic mass is 10.0. The van der Waals surface area contributed by atoms with Gasteiger partial charge in [-0.15, -0.1) is 24.5 Å². The largest absolute Gasteiger partial charge is 0.573 e. The molecule has 0 saturated carbocycles. The van der Waals surface area contributed by atoms with Crippen LogP contribution < -0.4 is 19.9 Å². The fourth-order valence-corrected chi connectivity index (χ4v) is 4.98. The molecule has 168 valence electrons. The molecule has 6 nitrogen and oxygen atoms in total. The van der Waals surface area contributed by atoms with Gasteiger partial charge in [0.2, 0.25) is 0 Å². The number of benzene rings is 1. The minimum absolute atomic E-state index is 0.0779. The van der Waals surface area contributed by atoms with Crippen LogP contribution in [0, 0.1) is 11.3 Å². The fraction of sp³-hybridized carbons (Fsp3) is 0.333. The monoisotopic (exact) mass is 483 g/mol. The molecule has 32 heavy (non-hydrogen) atoms. The van der Waals surface area contributed by atoms with Crippen molar-refractivity contribution in [3.8, 4) is 17.6 Å². The number of halogens is 4. The predicted octanol–water partition coefficient (Wildman–Crippen LogP) is 5.07. The first-order valence-corrected chi connectivity index (χ1v) is 10.9. The van der Waals surface area contributed by atoms with E-state index in [2.05, 4.69) is 4.74 Å². The maximum Gasteiger partial charge on any atom is 0.573 e. The van der Waals surface area contributed by atoms with Crippen molar-refractivity contribution >= 4 is 38.8 Å². The van der Waals surface area contributed by atoms with Gasteiger partial charge in [0.05, 0.1) is 10.0 Å². The fourth-order valence-electron chi connectivity index (χ4n) is 3.81. The van der Waals surface area contributed by atoms with Crippen molar-refractivity contribution in [1.82, 2.24) is 4.57 Å². The SMILES string of the molecule is Cn1c(=O)c(C#N)c(N2CCC(Oc3ccc(OC(F)(F)F)cc3)CC2)c2cc(Cl)sc21. The van der Waals surface area contributed by atoms with Gasteiger partial charge in [0.25, 0.3) is 5.56 Å². The minimum Gasteiger partial charge on any atom is -0.490 e. The molecule has 11 heteroatoms. The minimum atomic E-state index is -4.74. The first-order chi connectivity index (χ1) is 15.2. The van der Waals surface area contributed by atoms with Crippen LogP contribution in [0.2, 0.25) is 4.34 Å². The van der Waals surface area contributed by atoms with Crippen LogP contribution in [0.3, 0.4) is 0 Å². The molecule has 0 atom stereocenters. The van der Waals surface area contributed by atoms with Gasteiger partial charge in [-0.05, 0) is 30.3 Å². The van der Waals surface area contributed by atoms with Crippen molar-refractivity contribution in [1.29, 1.82) is 5.26 Å². The second-order valence-corrected chi connectivity index (χ2v) is 8.95. The third kappa shape index (κ3) is 4.49. The van der Waals surface area contributed by atoms with Crippen LogP contribution in [-0.4, -0.2) is 30.1 Å². The van der Waals surface area contributed by atoms with Gasteiger partial charge in [-0.25, -0.2) is 0 Å². The standard InChI is InChI=1S/C21H17ClF3N3O3S/c1-27-19(29)16(11-26)18(15-10-17(22)32-20(15)27)28-8-6-13(7-9-28)30-12-2-4-14(5-3-12)31-21(23,24)25/h2-5,10,13H,6-9H2,1H3. The Morgan fingerprint density at radius 1 is 1.19 bits per heavy atom. The van der Waals surface area contributed by atoms with E-state index in [1.807, 2.05) is 11.0 Å². The number of thiophene rings is 1. The molecule has 1 aromatic carbocycles. The Kier molecular flexibility index (Phi) is 5.97. The number of anilines is 1. The molecular formula is C21H17ClF3N3O3S. The summed E-state index contributed by atoms with van der Waals surface area (Å²) in [6.07, 6.45) is -3.67. The molecule has 3 heterocycles. The number of ether oxygens (including phenoxy) is 2. The average molecular weight is 484 g/mol. The lowest BCUT2D eigenvalue weighted by molar-refractivity contribution is -0.274. The number of aromatic nitrogens is 1. The first-order valence-electron chi connectivity index (χ1n) is 9.66. The second-order valence-electron chi connectivity index (χ2n) is 7.29. The molecule has 1 aliphatic rings. The molecule has 0 radical (unpaired) electrons. The normalized spacial score (nSPS) is 15.1. The van der Waals surface area contributed by atoms with Gasteiger partial charge in [-0.1, -0.05) is 11.6 Å². The summed E-state index contributed by atoms with van der Waals surface area (Å²) in [7, 11) is 1.62. The summed E-state index contributed by atoms with van der Waals surface area (Å²) in [6, 6.07) is 9.07. The molecular weight excluding hydrogens is 467 g/mol. The topological polar surface area (TPSA) is 67.5 Å². The smallest absolute Gasteiger partial charge is 0.490 e. The van der Waals surface area contributed by atoms with Crippen LogP contribution in [0.25, 0.3) is 10.2 Å². The van der Waals surface area contributed by atoms with E-state index in [0.717, 1.165) is 5.39 Å². The van der Waals surface area contributed by atoms with Crippen molar-refractivity contribution in [2.45, 2.75) is 25.3 Å². The summed E-state index contributed by atoms with van der Waals surface area (Å²) in [5.41, 5.74) is 0.294. The highest BCUT2D eigenvalue weighted by molar-refractivity contribution is 7.22. The summed E-state index contributed by atoms with van der Waals surface area (Å²) in [5, 5.41) is 10.4. The van der Waals surface area contributed by atoms with Crippen molar-refractivity contribution in [3.63, 3.8) is 0 Å². The number of nitriles is 1. The molecule has 4 rings (SSSR count). The van der Waals surface area contributed by atoms with E-state index in [9.17, 15) is 23.2 Å². The van der Waals surface area contributed by atoms with Gasteiger partial charge in [-0.3, -0.25) is 4.79 Å². The summed E-state index contributed by atoms with van der Waals surface area (Å²) in [5.74, 6) is 0.129. The summed E-state index contributed by atoms with van der Waals surface area (Å²) >= 11 is 7.47. The molecule has 0 unspecified atom stereocenters. The van der Waals surface area contributed by atoms with Crippen LogP contribution in [0.5, 0.6) is 11.5 Å². The highest BCUT2D eigenvalue weighted by atomic mass is 35.5. The number of piperidine rings is 1. The summed E-state index contributed by atoms with van der Waals surface area (Å²) in [6.45, 7) is 1.09. The Morgan fingerprint density at radius 3 is 2.41 bits per heavy atom. The number of pyridine rings is 1. The van der Waals surface area contributed by atoms with E-state index in [-0.39, 0.29) is 23.0 Å². The Hall–Kier alpha value is -2.90. The summed E-state index contributed by atoms with van der Waals surface area (Å²) in [4.78, 5) is 15.4. The zero-order valence-corrected chi connectivity index (χ0v) is 18.4. The zero-order chi connectivity index (χ0) is 23.0. The number of hydrogen-bond donors (Lipinski definition) is 0. The van der Waals surface area contributed by atoms with E-state index in [1.54, 1.807) is 13.1 Å². The van der Waals surface area contributed by atoms with Gasteiger partial charge in [0, 0.05) is 38.4 Å². The van der Waals surface area contributed by atoms with Crippen LogP contribution in [0.4, 0.5) is 18.9 Å². The van der Waals surface area contributed by atoms with Gasteiger partial charge in [0.1, 0.15) is 34.1 Å². The number of rotatable bonds is 4. The molecule has 3 aromatic rings. The Bertz CT molecular complexity index is 1240. The van der Waals surface area contributed by atoms with Gasteiger partial charge < -0.3 is 18.9 Å². The number of hydrogen-bond acceptors (Lipinski definition) is 6. The molecule has 0 N–H and O–H groups in total. The maximum absolute atomic E-state index is 12.7.